The minimum absolute atomic E-state index is 0.0229. The molecule has 4 nitrogen and oxygen atoms in total. The highest BCUT2D eigenvalue weighted by molar-refractivity contribution is 7.89. The Hall–Kier alpha value is -1.14. The van der Waals surface area contributed by atoms with Gasteiger partial charge in [-0.3, -0.25) is 0 Å². The molecule has 1 aromatic carbocycles. The van der Waals surface area contributed by atoms with E-state index in [9.17, 15) is 12.8 Å². The van der Waals surface area contributed by atoms with Gasteiger partial charge in [0.25, 0.3) is 0 Å². The predicted molar refractivity (Wildman–Crippen MR) is 68.1 cm³/mol. The predicted octanol–water partition coefficient (Wildman–Crippen LogP) is 1.79. The average Bonchev–Trinajstić information content (AvgIpc) is 3.09. The highest BCUT2D eigenvalue weighted by atomic mass is 32.2. The quantitative estimate of drug-likeness (QED) is 0.803. The molecule has 1 saturated carbocycles. The number of nitrogens with one attached hydrogen (secondary N) is 1. The molecule has 100 valence electrons. The van der Waals surface area contributed by atoms with Crippen molar-refractivity contribution in [3.05, 3.63) is 23.5 Å². The molecule has 1 fully saturated rings. The first-order valence-corrected chi connectivity index (χ1v) is 7.44. The fourth-order valence-electron chi connectivity index (χ4n) is 1.81. The molecule has 0 atom stereocenters. The highest BCUT2D eigenvalue weighted by Gasteiger charge is 2.22. The zero-order chi connectivity index (χ0) is 13.3. The summed E-state index contributed by atoms with van der Waals surface area (Å²) in [5.41, 5.74) is 5.53. The number of anilines is 1. The number of halogens is 1. The average molecular weight is 272 g/mol. The molecule has 0 heterocycles. The summed E-state index contributed by atoms with van der Waals surface area (Å²) >= 11 is 0. The number of hydrogen-bond donors (Lipinski definition) is 2. The van der Waals surface area contributed by atoms with Gasteiger partial charge < -0.3 is 5.73 Å². The van der Waals surface area contributed by atoms with Gasteiger partial charge in [0, 0.05) is 6.54 Å². The standard InChI is InChI=1S/C12H17FN2O2S/c1-8-6-10(7-11(14)12(8)13)18(16,17)15-5-4-9-2-3-9/h6-7,9,15H,2-5,14H2,1H3. The van der Waals surface area contributed by atoms with Gasteiger partial charge in [0.2, 0.25) is 10.0 Å². The van der Waals surface area contributed by atoms with Crippen LogP contribution in [0.3, 0.4) is 0 Å². The van der Waals surface area contributed by atoms with E-state index in [1.807, 2.05) is 0 Å². The van der Waals surface area contributed by atoms with Crippen molar-refractivity contribution in [2.24, 2.45) is 5.92 Å². The summed E-state index contributed by atoms with van der Waals surface area (Å²) in [5, 5.41) is 0. The Balaban J connectivity index is 2.12. The van der Waals surface area contributed by atoms with Crippen LogP contribution in [0, 0.1) is 18.7 Å². The van der Waals surface area contributed by atoms with Gasteiger partial charge in [0.15, 0.2) is 0 Å². The number of hydrogen-bond acceptors (Lipinski definition) is 3. The Labute approximate surface area is 106 Å². The van der Waals surface area contributed by atoms with Crippen LogP contribution in [0.4, 0.5) is 10.1 Å². The van der Waals surface area contributed by atoms with Gasteiger partial charge in [-0.25, -0.2) is 17.5 Å². The molecule has 0 saturated heterocycles. The van der Waals surface area contributed by atoms with Crippen molar-refractivity contribution in [2.45, 2.75) is 31.1 Å². The van der Waals surface area contributed by atoms with E-state index in [0.717, 1.165) is 12.5 Å². The van der Waals surface area contributed by atoms with Crippen molar-refractivity contribution >= 4 is 15.7 Å². The fraction of sp³-hybridized carbons (Fsp3) is 0.500. The first-order valence-electron chi connectivity index (χ1n) is 5.95. The molecule has 6 heteroatoms. The first kappa shape index (κ1) is 13.3. The van der Waals surface area contributed by atoms with Gasteiger partial charge in [-0.15, -0.1) is 0 Å². The molecule has 3 N–H and O–H groups in total. The molecule has 1 aliphatic rings. The normalized spacial score (nSPS) is 15.9. The van der Waals surface area contributed by atoms with E-state index in [-0.39, 0.29) is 16.1 Å². The lowest BCUT2D eigenvalue weighted by molar-refractivity contribution is 0.574. The zero-order valence-electron chi connectivity index (χ0n) is 10.2. The van der Waals surface area contributed by atoms with Gasteiger partial charge in [-0.2, -0.15) is 0 Å². The topological polar surface area (TPSA) is 72.2 Å². The molecule has 0 bridgehead atoms. The smallest absolute Gasteiger partial charge is 0.240 e. The van der Waals surface area contributed by atoms with Gasteiger partial charge >= 0.3 is 0 Å². The van der Waals surface area contributed by atoms with Crippen molar-refractivity contribution in [1.29, 1.82) is 0 Å². The lowest BCUT2D eigenvalue weighted by Crippen LogP contribution is -2.25. The minimum Gasteiger partial charge on any atom is -0.396 e. The van der Waals surface area contributed by atoms with Crippen LogP contribution >= 0.6 is 0 Å². The largest absolute Gasteiger partial charge is 0.396 e. The number of nitrogens with two attached hydrogens (primary N) is 1. The molecule has 0 radical (unpaired) electrons. The second-order valence-corrected chi connectivity index (χ2v) is 6.54. The molecule has 1 aromatic rings. The van der Waals surface area contributed by atoms with Crippen molar-refractivity contribution in [3.63, 3.8) is 0 Å². The van der Waals surface area contributed by atoms with Crippen LogP contribution in [-0.4, -0.2) is 15.0 Å². The lowest BCUT2D eigenvalue weighted by atomic mass is 10.2. The monoisotopic (exact) mass is 272 g/mol. The van der Waals surface area contributed by atoms with Gasteiger partial charge in [0.1, 0.15) is 5.82 Å². The van der Waals surface area contributed by atoms with Crippen LogP contribution < -0.4 is 10.5 Å². The molecule has 1 aliphatic carbocycles. The van der Waals surface area contributed by atoms with Crippen LogP contribution in [0.1, 0.15) is 24.8 Å². The summed E-state index contributed by atoms with van der Waals surface area (Å²) in [6.45, 7) is 1.91. The SMILES string of the molecule is Cc1cc(S(=O)(=O)NCCC2CC2)cc(N)c1F. The summed E-state index contributed by atoms with van der Waals surface area (Å²) < 4.78 is 39.8. The third kappa shape index (κ3) is 3.00. The zero-order valence-corrected chi connectivity index (χ0v) is 11.1. The Kier molecular flexibility index (Phi) is 3.59. The lowest BCUT2D eigenvalue weighted by Gasteiger charge is -2.09. The maximum Gasteiger partial charge on any atom is 0.240 e. The third-order valence-electron chi connectivity index (χ3n) is 3.11. The van der Waals surface area contributed by atoms with Crippen molar-refractivity contribution < 1.29 is 12.8 Å². The van der Waals surface area contributed by atoms with Crippen molar-refractivity contribution in [3.8, 4) is 0 Å². The van der Waals surface area contributed by atoms with Gasteiger partial charge in [-0.1, -0.05) is 12.8 Å². The maximum atomic E-state index is 13.3. The van der Waals surface area contributed by atoms with Crippen LogP contribution in [0.25, 0.3) is 0 Å². The second kappa shape index (κ2) is 4.85. The first-order chi connectivity index (χ1) is 8.40. The number of nitrogen functional groups attached to an aromatic ring is 1. The molecule has 18 heavy (non-hydrogen) atoms. The Morgan fingerprint density at radius 3 is 2.67 bits per heavy atom. The Bertz CT molecular complexity index is 530. The van der Waals surface area contributed by atoms with Crippen LogP contribution in [-0.2, 0) is 10.0 Å². The van der Waals surface area contributed by atoms with E-state index < -0.39 is 15.8 Å². The molecule has 0 aliphatic heterocycles. The molecule has 0 spiro atoms. The minimum atomic E-state index is -3.59. The summed E-state index contributed by atoms with van der Waals surface area (Å²) in [7, 11) is -3.59. The summed E-state index contributed by atoms with van der Waals surface area (Å²) in [5.74, 6) is 0.0969. The fourth-order valence-corrected chi connectivity index (χ4v) is 2.97. The molecule has 2 rings (SSSR count). The summed E-state index contributed by atoms with van der Waals surface area (Å²) in [6, 6.07) is 2.45. The van der Waals surface area contributed by atoms with E-state index in [4.69, 9.17) is 5.73 Å². The summed E-state index contributed by atoms with van der Waals surface area (Å²) in [4.78, 5) is 0.0229. The molecular formula is C12H17FN2O2S. The molecule has 0 amide bonds. The summed E-state index contributed by atoms with van der Waals surface area (Å²) in [6.07, 6.45) is 3.23. The maximum absolute atomic E-state index is 13.3. The van der Waals surface area contributed by atoms with Gasteiger partial charge in [-0.05, 0) is 37.0 Å². The number of aryl methyl sites for hydroxylation is 1. The third-order valence-corrected chi connectivity index (χ3v) is 4.55. The van der Waals surface area contributed by atoms with Gasteiger partial charge in [0.05, 0.1) is 10.6 Å². The van der Waals surface area contributed by atoms with Crippen LogP contribution in [0.5, 0.6) is 0 Å². The molecule has 0 aromatic heterocycles. The van der Waals surface area contributed by atoms with Crippen LogP contribution in [0.2, 0.25) is 0 Å². The van der Waals surface area contributed by atoms with E-state index in [2.05, 4.69) is 4.72 Å². The van der Waals surface area contributed by atoms with E-state index in [1.54, 1.807) is 0 Å². The van der Waals surface area contributed by atoms with E-state index >= 15 is 0 Å². The van der Waals surface area contributed by atoms with E-state index in [0.29, 0.717) is 12.5 Å². The second-order valence-electron chi connectivity index (χ2n) is 4.77. The number of benzene rings is 1. The molecular weight excluding hydrogens is 255 g/mol. The van der Waals surface area contributed by atoms with Crippen molar-refractivity contribution in [1.82, 2.24) is 4.72 Å². The molecule has 0 unspecified atom stereocenters. The Morgan fingerprint density at radius 1 is 1.44 bits per heavy atom. The number of rotatable bonds is 5. The van der Waals surface area contributed by atoms with E-state index in [1.165, 1.54) is 25.8 Å². The van der Waals surface area contributed by atoms with Crippen molar-refractivity contribution in [2.75, 3.05) is 12.3 Å². The highest BCUT2D eigenvalue weighted by Crippen LogP contribution is 2.31. The number of sulfonamides is 1. The van der Waals surface area contributed by atoms with Crippen LogP contribution in [0.15, 0.2) is 17.0 Å². The Morgan fingerprint density at radius 2 is 2.11 bits per heavy atom.